The lowest BCUT2D eigenvalue weighted by Gasteiger charge is -2.22. The third-order valence-corrected chi connectivity index (χ3v) is 8.72. The van der Waals surface area contributed by atoms with Crippen molar-refractivity contribution in [2.45, 2.75) is 52.0 Å². The first-order valence-electron chi connectivity index (χ1n) is 18.6. The van der Waals surface area contributed by atoms with Gasteiger partial charge in [-0.2, -0.15) is 0 Å². The Morgan fingerprint density at radius 2 is 0.945 bits per heavy atom. The Morgan fingerprint density at radius 1 is 0.527 bits per heavy atom. The second-order valence-corrected chi connectivity index (χ2v) is 13.2. The molecule has 6 aromatic carbocycles. The number of rotatable bonds is 13. The van der Waals surface area contributed by atoms with Gasteiger partial charge in [0.15, 0.2) is 0 Å². The molecule has 0 heterocycles. The van der Waals surface area contributed by atoms with Gasteiger partial charge in [0, 0.05) is 17.3 Å². The lowest BCUT2D eigenvalue weighted by Crippen LogP contribution is -2.31. The summed E-state index contributed by atoms with van der Waals surface area (Å²) in [5, 5.41) is 2.71. The van der Waals surface area contributed by atoms with Gasteiger partial charge in [-0.1, -0.05) is 157 Å². The van der Waals surface area contributed by atoms with E-state index in [2.05, 4.69) is 29.6 Å². The van der Waals surface area contributed by atoms with E-state index in [9.17, 15) is 9.59 Å². The van der Waals surface area contributed by atoms with Crippen molar-refractivity contribution < 1.29 is 19.1 Å². The average molecular weight is 755 g/mol. The van der Waals surface area contributed by atoms with Crippen LogP contribution in [0.1, 0.15) is 46.2 Å². The monoisotopic (exact) mass is 754 g/mol. The van der Waals surface area contributed by atoms with Crippen molar-refractivity contribution in [2.24, 2.45) is 0 Å². The second kappa shape index (κ2) is 24.5. The molecule has 6 nitrogen and oxygen atoms in total. The first-order chi connectivity index (χ1) is 26.9. The quantitative estimate of drug-likeness (QED) is 0.0941. The van der Waals surface area contributed by atoms with Crippen LogP contribution < -0.4 is 10.2 Å². The molecule has 0 aliphatic rings. The molecule has 7 heteroatoms. The Morgan fingerprint density at radius 3 is 1.40 bits per heavy atom. The van der Waals surface area contributed by atoms with E-state index >= 15 is 0 Å². The summed E-state index contributed by atoms with van der Waals surface area (Å²) in [5.74, 6) is 0.612. The minimum absolute atomic E-state index is 0.309. The van der Waals surface area contributed by atoms with Gasteiger partial charge in [0.1, 0.15) is 0 Å². The summed E-state index contributed by atoms with van der Waals surface area (Å²) >= 11 is 5.53. The standard InChI is InChI=1S/C24H25NO2.C17H19NO2.C7H7Cl/c1-20-14-16-23(17-15-20)25(19-22-11-6-3-7-12-22)24(26)27-18-8-13-21-9-4-2-5-10-21;1-14-9-11-16(12-10-14)18-17(19)20-13-5-8-15-6-3-2-4-7-15;8-6-7-4-2-1-3-5-7/h2-7,9-12,14-17H,8,13,18-19H2,1H3;2-4,6-7,9-12H,5,8,13H2,1H3,(H,18,19);1-5H,6H2. The molecule has 0 bridgehead atoms. The van der Waals surface area contributed by atoms with Gasteiger partial charge in [-0.3, -0.25) is 10.2 Å². The zero-order chi connectivity index (χ0) is 38.9. The summed E-state index contributed by atoms with van der Waals surface area (Å²) < 4.78 is 10.7. The molecule has 2 amide bonds. The molecule has 0 aliphatic heterocycles. The molecule has 6 rings (SSSR count). The van der Waals surface area contributed by atoms with Crippen LogP contribution >= 0.6 is 11.6 Å². The molecule has 0 fully saturated rings. The predicted molar refractivity (Wildman–Crippen MR) is 227 cm³/mol. The van der Waals surface area contributed by atoms with Crippen LogP contribution in [-0.2, 0) is 34.7 Å². The van der Waals surface area contributed by atoms with Gasteiger partial charge < -0.3 is 9.47 Å². The minimum Gasteiger partial charge on any atom is -0.449 e. The third-order valence-electron chi connectivity index (χ3n) is 8.41. The largest absolute Gasteiger partial charge is 0.449 e. The molecule has 0 radical (unpaired) electrons. The Kier molecular flexibility index (Phi) is 18.6. The number of nitrogens with one attached hydrogen (secondary N) is 1. The number of nitrogens with zero attached hydrogens (tertiary/aromatic N) is 1. The van der Waals surface area contributed by atoms with E-state index in [4.69, 9.17) is 21.1 Å². The highest BCUT2D eigenvalue weighted by Gasteiger charge is 2.17. The van der Waals surface area contributed by atoms with Crippen LogP contribution in [0.5, 0.6) is 0 Å². The fraction of sp³-hybridized carbons (Fsp3) is 0.208. The van der Waals surface area contributed by atoms with E-state index in [1.807, 2.05) is 159 Å². The summed E-state index contributed by atoms with van der Waals surface area (Å²) in [6.07, 6.45) is 2.74. The minimum atomic E-state index is -0.401. The topological polar surface area (TPSA) is 67.9 Å². The van der Waals surface area contributed by atoms with Crippen LogP contribution in [0, 0.1) is 13.8 Å². The fourth-order valence-electron chi connectivity index (χ4n) is 5.35. The molecule has 0 saturated heterocycles. The molecule has 0 atom stereocenters. The van der Waals surface area contributed by atoms with Gasteiger partial charge >= 0.3 is 12.2 Å². The number of anilines is 2. The molecule has 0 spiro atoms. The van der Waals surface area contributed by atoms with Crippen molar-refractivity contribution in [2.75, 3.05) is 23.4 Å². The van der Waals surface area contributed by atoms with Crippen molar-refractivity contribution >= 4 is 35.2 Å². The summed E-state index contributed by atoms with van der Waals surface area (Å²) in [7, 11) is 0. The number of amides is 2. The van der Waals surface area contributed by atoms with Crippen LogP contribution in [0.2, 0.25) is 0 Å². The molecular weight excluding hydrogens is 704 g/mol. The van der Waals surface area contributed by atoms with Crippen LogP contribution in [0.15, 0.2) is 170 Å². The Labute approximate surface area is 331 Å². The Hall–Kier alpha value is -5.85. The summed E-state index contributed by atoms with van der Waals surface area (Å²) in [4.78, 5) is 26.0. The van der Waals surface area contributed by atoms with Crippen LogP contribution in [0.3, 0.4) is 0 Å². The maximum absolute atomic E-state index is 12.7. The lowest BCUT2D eigenvalue weighted by molar-refractivity contribution is 0.152. The van der Waals surface area contributed by atoms with E-state index in [0.29, 0.717) is 25.6 Å². The zero-order valence-corrected chi connectivity index (χ0v) is 32.5. The number of hydrogen-bond donors (Lipinski definition) is 1. The highest BCUT2D eigenvalue weighted by atomic mass is 35.5. The van der Waals surface area contributed by atoms with Crippen molar-refractivity contribution in [3.05, 3.63) is 203 Å². The van der Waals surface area contributed by atoms with Gasteiger partial charge in [0.25, 0.3) is 0 Å². The van der Waals surface area contributed by atoms with E-state index in [1.54, 1.807) is 4.90 Å². The van der Waals surface area contributed by atoms with Crippen molar-refractivity contribution in [3.63, 3.8) is 0 Å². The van der Waals surface area contributed by atoms with E-state index < -0.39 is 6.09 Å². The molecule has 0 aromatic heterocycles. The summed E-state index contributed by atoms with van der Waals surface area (Å²) in [6, 6.07) is 55.9. The van der Waals surface area contributed by atoms with Gasteiger partial charge in [-0.15, -0.1) is 11.6 Å². The van der Waals surface area contributed by atoms with E-state index in [-0.39, 0.29) is 6.09 Å². The zero-order valence-electron chi connectivity index (χ0n) is 31.8. The van der Waals surface area contributed by atoms with Crippen LogP contribution in [0.25, 0.3) is 0 Å². The van der Waals surface area contributed by atoms with Crippen LogP contribution in [-0.4, -0.2) is 25.4 Å². The van der Waals surface area contributed by atoms with Crippen molar-refractivity contribution in [3.8, 4) is 0 Å². The normalized spacial score (nSPS) is 10.1. The lowest BCUT2D eigenvalue weighted by atomic mass is 10.1. The van der Waals surface area contributed by atoms with Crippen molar-refractivity contribution in [1.82, 2.24) is 0 Å². The first-order valence-corrected chi connectivity index (χ1v) is 19.2. The number of aryl methyl sites for hydroxylation is 4. The molecule has 1 N–H and O–H groups in total. The number of carbonyl (C=O) groups is 2. The van der Waals surface area contributed by atoms with Crippen LogP contribution in [0.4, 0.5) is 21.0 Å². The SMILES string of the molecule is Cc1ccc(N(Cc2ccccc2)C(=O)OCCCc2ccccc2)cc1.Cc1ccc(NC(=O)OCCCc2ccccc2)cc1.ClCc1ccccc1. The fourth-order valence-corrected chi connectivity index (χ4v) is 5.53. The number of benzene rings is 6. The molecule has 6 aromatic rings. The highest BCUT2D eigenvalue weighted by Crippen LogP contribution is 2.20. The Bertz CT molecular complexity index is 1920. The molecule has 0 saturated carbocycles. The average Bonchev–Trinajstić information content (AvgIpc) is 3.23. The molecule has 55 heavy (non-hydrogen) atoms. The van der Waals surface area contributed by atoms with E-state index in [0.717, 1.165) is 53.7 Å². The smallest absolute Gasteiger partial charge is 0.414 e. The second-order valence-electron chi connectivity index (χ2n) is 12.9. The number of ether oxygens (including phenoxy) is 2. The molecule has 284 valence electrons. The molecule has 0 aliphatic carbocycles. The maximum atomic E-state index is 12.7. The third kappa shape index (κ3) is 16.8. The number of halogens is 1. The number of hydrogen-bond acceptors (Lipinski definition) is 4. The number of carbonyl (C=O) groups excluding carboxylic acids is 2. The van der Waals surface area contributed by atoms with Gasteiger partial charge in [0.05, 0.1) is 19.8 Å². The predicted octanol–water partition coefficient (Wildman–Crippen LogP) is 12.4. The molecule has 0 unspecified atom stereocenters. The Balaban J connectivity index is 0.000000209. The number of alkyl halides is 1. The van der Waals surface area contributed by atoms with Gasteiger partial charge in [-0.05, 0) is 86.1 Å². The van der Waals surface area contributed by atoms with Crippen molar-refractivity contribution in [1.29, 1.82) is 0 Å². The van der Waals surface area contributed by atoms with Gasteiger partial charge in [0.2, 0.25) is 0 Å². The van der Waals surface area contributed by atoms with E-state index in [1.165, 1.54) is 16.7 Å². The summed E-state index contributed by atoms with van der Waals surface area (Å²) in [5.41, 5.74) is 8.68. The maximum Gasteiger partial charge on any atom is 0.414 e. The first kappa shape index (κ1) is 41.9. The van der Waals surface area contributed by atoms with Gasteiger partial charge in [-0.25, -0.2) is 9.59 Å². The molecular formula is C48H51ClN2O4. The highest BCUT2D eigenvalue weighted by molar-refractivity contribution is 6.17. The summed E-state index contributed by atoms with van der Waals surface area (Å²) in [6.45, 7) is 5.36.